The summed E-state index contributed by atoms with van der Waals surface area (Å²) < 4.78 is 6.10. The van der Waals surface area contributed by atoms with Crippen molar-refractivity contribution in [3.8, 4) is 0 Å². The highest BCUT2D eigenvalue weighted by Crippen LogP contribution is 2.75. The van der Waals surface area contributed by atoms with Crippen molar-refractivity contribution < 1.29 is 38.9 Å². The summed E-state index contributed by atoms with van der Waals surface area (Å²) in [6.45, 7) is 16.8. The number of amides is 2. The number of fused-ring (bicyclic) bond motifs is 7. The second-order valence-electron chi connectivity index (χ2n) is 19.0. The zero-order valence-corrected chi connectivity index (χ0v) is 32.3. The fourth-order valence-corrected chi connectivity index (χ4v) is 12.3. The summed E-state index contributed by atoms with van der Waals surface area (Å²) in [5.41, 5.74) is 1.05. The van der Waals surface area contributed by atoms with Crippen LogP contribution < -0.4 is 10.6 Å². The van der Waals surface area contributed by atoms with Crippen molar-refractivity contribution in [2.45, 2.75) is 151 Å². The van der Waals surface area contributed by atoms with E-state index in [0.29, 0.717) is 31.2 Å². The minimum Gasteiger partial charge on any atom is -0.481 e. The van der Waals surface area contributed by atoms with Gasteiger partial charge in [-0.25, -0.2) is 0 Å². The van der Waals surface area contributed by atoms with E-state index in [1.807, 2.05) is 0 Å². The summed E-state index contributed by atoms with van der Waals surface area (Å²) >= 11 is 0. The SMILES string of the molecule is CC1(C)CC[C@]2(C(=O)NCCCC(=O)NCC(=O)O)CC[C@]3(C)C(=CCC4[C@@]5(C)CC[C@H](OC(=O)CCCC(=O)O)C(C)(C)C5CC[C@]43C)C2C1. The highest BCUT2D eigenvalue weighted by atomic mass is 16.5. The van der Waals surface area contributed by atoms with Gasteiger partial charge in [-0.2, -0.15) is 0 Å². The molecule has 5 aliphatic carbocycles. The lowest BCUT2D eigenvalue weighted by Gasteiger charge is -2.71. The summed E-state index contributed by atoms with van der Waals surface area (Å²) in [6.07, 6.45) is 13.0. The van der Waals surface area contributed by atoms with Gasteiger partial charge in [-0.15, -0.1) is 0 Å². The molecule has 4 saturated carbocycles. The third kappa shape index (κ3) is 7.10. The second kappa shape index (κ2) is 14.1. The van der Waals surface area contributed by atoms with Gasteiger partial charge in [-0.05, 0) is 116 Å². The Hall–Kier alpha value is -2.91. The number of carboxylic acids is 2. The van der Waals surface area contributed by atoms with Gasteiger partial charge in [0.25, 0.3) is 0 Å². The Bertz CT molecular complexity index is 1440. The number of esters is 1. The molecule has 0 aromatic rings. The molecule has 4 N–H and O–H groups in total. The molecule has 2 amide bonds. The first-order valence-electron chi connectivity index (χ1n) is 19.6. The minimum absolute atomic E-state index is 0.0276. The number of hydrogen-bond acceptors (Lipinski definition) is 6. The van der Waals surface area contributed by atoms with Crippen molar-refractivity contribution >= 4 is 29.7 Å². The van der Waals surface area contributed by atoms with E-state index in [-0.39, 0.29) is 76.1 Å². The number of carbonyl (C=O) groups excluding carboxylic acids is 3. The molecule has 51 heavy (non-hydrogen) atoms. The fraction of sp³-hybridized carbons (Fsp3) is 0.829. The van der Waals surface area contributed by atoms with Crippen molar-refractivity contribution in [1.29, 1.82) is 0 Å². The number of rotatable bonds is 12. The Labute approximate surface area is 304 Å². The molecule has 286 valence electrons. The molecule has 5 rings (SSSR count). The van der Waals surface area contributed by atoms with Gasteiger partial charge in [0.05, 0.1) is 5.41 Å². The van der Waals surface area contributed by atoms with Gasteiger partial charge in [0.15, 0.2) is 0 Å². The van der Waals surface area contributed by atoms with Crippen LogP contribution in [0.3, 0.4) is 0 Å². The van der Waals surface area contributed by atoms with E-state index >= 15 is 0 Å². The average molecular weight is 713 g/mol. The summed E-state index contributed by atoms with van der Waals surface area (Å²) in [6, 6.07) is 0. The van der Waals surface area contributed by atoms with E-state index in [4.69, 9.17) is 14.9 Å². The first-order valence-corrected chi connectivity index (χ1v) is 19.6. The van der Waals surface area contributed by atoms with E-state index in [9.17, 15) is 24.0 Å². The number of aliphatic carboxylic acids is 2. The maximum atomic E-state index is 14.3. The summed E-state index contributed by atoms with van der Waals surface area (Å²) in [7, 11) is 0. The Morgan fingerprint density at radius 3 is 2.18 bits per heavy atom. The third-order valence-corrected chi connectivity index (χ3v) is 15.4. The zero-order valence-electron chi connectivity index (χ0n) is 32.3. The van der Waals surface area contributed by atoms with Crippen LogP contribution in [0.15, 0.2) is 11.6 Å². The summed E-state index contributed by atoms with van der Waals surface area (Å²) in [5.74, 6) is -1.45. The fourth-order valence-electron chi connectivity index (χ4n) is 12.3. The quantitative estimate of drug-likeness (QED) is 0.0952. The van der Waals surface area contributed by atoms with E-state index in [1.54, 1.807) is 0 Å². The van der Waals surface area contributed by atoms with Crippen molar-refractivity contribution in [2.75, 3.05) is 13.1 Å². The number of hydrogen-bond donors (Lipinski definition) is 4. The molecule has 0 aromatic heterocycles. The second-order valence-corrected chi connectivity index (χ2v) is 19.0. The lowest BCUT2D eigenvalue weighted by atomic mass is 9.33. The third-order valence-electron chi connectivity index (χ3n) is 15.4. The molecule has 0 spiro atoms. The van der Waals surface area contributed by atoms with E-state index in [0.717, 1.165) is 64.2 Å². The predicted molar refractivity (Wildman–Crippen MR) is 193 cm³/mol. The first-order chi connectivity index (χ1) is 23.7. The Morgan fingerprint density at radius 1 is 0.784 bits per heavy atom. The lowest BCUT2D eigenvalue weighted by Crippen LogP contribution is -2.65. The van der Waals surface area contributed by atoms with Gasteiger partial charge in [0, 0.05) is 31.2 Å². The standard InChI is InChI=1S/C41H64N2O8/c1-36(2)19-21-41(35(50)42-23-9-10-31(44)43-25-33(47)48)22-20-39(6)26(27(41)24-36)13-14-29-38(5)17-16-30(51-34(49)12-8-11-32(45)46)37(3,4)28(38)15-18-40(29,39)7/h13,27-30H,8-12,14-25H2,1-7H3,(H,42,50)(H,43,44)(H,45,46)(H,47,48)/t27?,28?,29?,30-,38-,39+,40+,41-/m0/s1. The first kappa shape index (κ1) is 39.3. The number of ether oxygens (including phenoxy) is 1. The molecular formula is C41H64N2O8. The molecule has 0 radical (unpaired) electrons. The molecule has 4 fully saturated rings. The van der Waals surface area contributed by atoms with Gasteiger partial charge in [0.1, 0.15) is 12.6 Å². The molecule has 0 bridgehead atoms. The minimum atomic E-state index is -1.08. The van der Waals surface area contributed by atoms with Crippen LogP contribution in [0.4, 0.5) is 0 Å². The van der Waals surface area contributed by atoms with E-state index < -0.39 is 23.9 Å². The van der Waals surface area contributed by atoms with Crippen LogP contribution in [0.1, 0.15) is 145 Å². The van der Waals surface area contributed by atoms with Gasteiger partial charge >= 0.3 is 17.9 Å². The van der Waals surface area contributed by atoms with Crippen LogP contribution in [-0.4, -0.2) is 59.1 Å². The van der Waals surface area contributed by atoms with Crippen LogP contribution in [-0.2, 0) is 28.7 Å². The Morgan fingerprint density at radius 2 is 1.49 bits per heavy atom. The highest BCUT2D eigenvalue weighted by molar-refractivity contribution is 5.84. The van der Waals surface area contributed by atoms with Crippen molar-refractivity contribution in [2.24, 2.45) is 50.2 Å². The van der Waals surface area contributed by atoms with E-state index in [2.05, 4.69) is 65.2 Å². The molecule has 10 heteroatoms. The largest absolute Gasteiger partial charge is 0.481 e. The maximum absolute atomic E-state index is 14.3. The molecule has 5 aliphatic rings. The molecule has 0 aromatic carbocycles. The molecule has 10 nitrogen and oxygen atoms in total. The smallest absolute Gasteiger partial charge is 0.322 e. The van der Waals surface area contributed by atoms with Gasteiger partial charge in [-0.1, -0.05) is 60.1 Å². The summed E-state index contributed by atoms with van der Waals surface area (Å²) in [4.78, 5) is 60.9. The lowest BCUT2D eigenvalue weighted by molar-refractivity contribution is -0.213. The van der Waals surface area contributed by atoms with Crippen LogP contribution in [0.25, 0.3) is 0 Å². The molecule has 0 saturated heterocycles. The maximum Gasteiger partial charge on any atom is 0.322 e. The molecule has 0 aliphatic heterocycles. The molecule has 8 atom stereocenters. The highest BCUT2D eigenvalue weighted by Gasteiger charge is 2.69. The molecular weight excluding hydrogens is 648 g/mol. The van der Waals surface area contributed by atoms with Gasteiger partial charge < -0.3 is 25.6 Å². The topological polar surface area (TPSA) is 159 Å². The Kier molecular flexibility index (Phi) is 10.9. The number of allylic oxidation sites excluding steroid dienone is 2. The van der Waals surface area contributed by atoms with Crippen LogP contribution >= 0.6 is 0 Å². The summed E-state index contributed by atoms with van der Waals surface area (Å²) in [5, 5.41) is 23.4. The van der Waals surface area contributed by atoms with Crippen LogP contribution in [0.5, 0.6) is 0 Å². The normalized spacial score (nSPS) is 37.6. The van der Waals surface area contributed by atoms with Crippen molar-refractivity contribution in [3.63, 3.8) is 0 Å². The molecule has 3 unspecified atom stereocenters. The van der Waals surface area contributed by atoms with Crippen molar-refractivity contribution in [1.82, 2.24) is 10.6 Å². The number of carbonyl (C=O) groups is 5. The number of carboxylic acid groups (broad SMARTS) is 2. The monoisotopic (exact) mass is 712 g/mol. The van der Waals surface area contributed by atoms with Gasteiger partial charge in [-0.3, -0.25) is 24.0 Å². The average Bonchev–Trinajstić information content (AvgIpc) is 3.03. The predicted octanol–water partition coefficient (Wildman–Crippen LogP) is 7.05. The Balaban J connectivity index is 1.35. The van der Waals surface area contributed by atoms with Crippen LogP contribution in [0.2, 0.25) is 0 Å². The van der Waals surface area contributed by atoms with Crippen molar-refractivity contribution in [3.05, 3.63) is 11.6 Å². The van der Waals surface area contributed by atoms with E-state index in [1.165, 1.54) is 5.57 Å². The van der Waals surface area contributed by atoms with Crippen LogP contribution in [0, 0.1) is 50.2 Å². The molecule has 0 heterocycles. The number of nitrogens with one attached hydrogen (secondary N) is 2. The zero-order chi connectivity index (χ0) is 37.6. The van der Waals surface area contributed by atoms with Gasteiger partial charge in [0.2, 0.25) is 11.8 Å².